The molecule has 0 saturated carbocycles. The molecular weight excluding hydrogens is 230 g/mol. The molecule has 0 bridgehead atoms. The van der Waals surface area contributed by atoms with Gasteiger partial charge in [-0.2, -0.15) is 0 Å². The molecule has 2 aromatic rings. The maximum absolute atomic E-state index is 5.57. The number of hydrogen-bond acceptors (Lipinski definition) is 4. The fraction of sp³-hybridized carbons (Fsp3) is 0.308. The number of anilines is 1. The van der Waals surface area contributed by atoms with Crippen molar-refractivity contribution in [1.29, 1.82) is 0 Å². The molecule has 0 spiro atoms. The van der Waals surface area contributed by atoms with Crippen molar-refractivity contribution in [2.45, 2.75) is 19.9 Å². The Balaban J connectivity index is 2.12. The zero-order valence-corrected chi connectivity index (χ0v) is 10.8. The van der Waals surface area contributed by atoms with Crippen LogP contribution in [0, 0.1) is 0 Å². The minimum absolute atomic E-state index is 0.584. The van der Waals surface area contributed by atoms with E-state index in [0.717, 1.165) is 34.9 Å². The molecule has 90 valence electrons. The molecule has 0 radical (unpaired) electrons. The molecule has 3 nitrogen and oxygen atoms in total. The Morgan fingerprint density at radius 1 is 1.29 bits per heavy atom. The number of hydrogen-bond donors (Lipinski definition) is 2. The molecule has 0 aliphatic rings. The van der Waals surface area contributed by atoms with Crippen LogP contribution in [-0.4, -0.2) is 11.5 Å². The summed E-state index contributed by atoms with van der Waals surface area (Å²) >= 11 is 1.65. The predicted octanol–water partition coefficient (Wildman–Crippen LogP) is 3.09. The molecular formula is C13H17N3S. The smallest absolute Gasteiger partial charge is 0.183 e. The minimum Gasteiger partial charge on any atom is -0.362 e. The highest BCUT2D eigenvalue weighted by atomic mass is 32.1. The van der Waals surface area contributed by atoms with Crippen LogP contribution in [0.25, 0.3) is 11.3 Å². The SMILES string of the molecule is CCCNc1nc(-c2ccc(CN)cc2)cs1. The maximum atomic E-state index is 5.57. The lowest BCUT2D eigenvalue weighted by Gasteiger charge is -2.00. The Morgan fingerprint density at radius 2 is 2.06 bits per heavy atom. The van der Waals surface area contributed by atoms with Gasteiger partial charge in [-0.1, -0.05) is 31.2 Å². The van der Waals surface area contributed by atoms with Crippen LogP contribution in [0.1, 0.15) is 18.9 Å². The van der Waals surface area contributed by atoms with Crippen molar-refractivity contribution in [3.05, 3.63) is 35.2 Å². The molecule has 17 heavy (non-hydrogen) atoms. The van der Waals surface area contributed by atoms with Crippen molar-refractivity contribution in [2.75, 3.05) is 11.9 Å². The molecule has 0 atom stereocenters. The number of nitrogens with two attached hydrogens (primary N) is 1. The van der Waals surface area contributed by atoms with E-state index in [9.17, 15) is 0 Å². The highest BCUT2D eigenvalue weighted by Crippen LogP contribution is 2.24. The molecule has 4 heteroatoms. The third-order valence-electron chi connectivity index (χ3n) is 2.52. The van der Waals surface area contributed by atoms with Crippen LogP contribution in [-0.2, 0) is 6.54 Å². The first-order valence-electron chi connectivity index (χ1n) is 5.82. The Hall–Kier alpha value is -1.39. The van der Waals surface area contributed by atoms with Gasteiger partial charge < -0.3 is 11.1 Å². The van der Waals surface area contributed by atoms with Gasteiger partial charge in [0.15, 0.2) is 5.13 Å². The second-order valence-corrected chi connectivity index (χ2v) is 4.72. The zero-order valence-electron chi connectivity index (χ0n) is 9.94. The largest absolute Gasteiger partial charge is 0.362 e. The molecule has 1 heterocycles. The number of benzene rings is 1. The second-order valence-electron chi connectivity index (χ2n) is 3.87. The molecule has 0 aliphatic carbocycles. The fourth-order valence-electron chi connectivity index (χ4n) is 1.53. The van der Waals surface area contributed by atoms with E-state index >= 15 is 0 Å². The summed E-state index contributed by atoms with van der Waals surface area (Å²) in [4.78, 5) is 4.55. The lowest BCUT2D eigenvalue weighted by atomic mass is 10.1. The number of nitrogens with zero attached hydrogens (tertiary/aromatic N) is 1. The van der Waals surface area contributed by atoms with Crippen molar-refractivity contribution >= 4 is 16.5 Å². The van der Waals surface area contributed by atoms with Crippen LogP contribution < -0.4 is 11.1 Å². The third kappa shape index (κ3) is 3.05. The van der Waals surface area contributed by atoms with Gasteiger partial charge in [0.05, 0.1) is 5.69 Å². The van der Waals surface area contributed by atoms with Crippen LogP contribution in [0.2, 0.25) is 0 Å². The third-order valence-corrected chi connectivity index (χ3v) is 3.32. The Morgan fingerprint density at radius 3 is 2.71 bits per heavy atom. The van der Waals surface area contributed by atoms with E-state index in [-0.39, 0.29) is 0 Å². The van der Waals surface area contributed by atoms with E-state index in [2.05, 4.69) is 34.7 Å². The van der Waals surface area contributed by atoms with Crippen LogP contribution >= 0.6 is 11.3 Å². The van der Waals surface area contributed by atoms with Crippen molar-refractivity contribution in [3.63, 3.8) is 0 Å². The lowest BCUT2D eigenvalue weighted by molar-refractivity contribution is 0.976. The van der Waals surface area contributed by atoms with Gasteiger partial charge in [-0.15, -0.1) is 11.3 Å². The van der Waals surface area contributed by atoms with E-state index in [1.54, 1.807) is 11.3 Å². The zero-order chi connectivity index (χ0) is 12.1. The average Bonchev–Trinajstić information content (AvgIpc) is 2.85. The maximum Gasteiger partial charge on any atom is 0.183 e. The van der Waals surface area contributed by atoms with Crippen LogP contribution in [0.15, 0.2) is 29.6 Å². The van der Waals surface area contributed by atoms with Gasteiger partial charge in [-0.3, -0.25) is 0 Å². The van der Waals surface area contributed by atoms with Gasteiger partial charge >= 0.3 is 0 Å². The summed E-state index contributed by atoms with van der Waals surface area (Å²) in [6.07, 6.45) is 1.11. The average molecular weight is 247 g/mol. The Labute approximate surface area is 106 Å². The minimum atomic E-state index is 0.584. The molecule has 1 aromatic heterocycles. The van der Waals surface area contributed by atoms with Crippen molar-refractivity contribution in [2.24, 2.45) is 5.73 Å². The molecule has 0 unspecified atom stereocenters. The molecule has 0 fully saturated rings. The van der Waals surface area contributed by atoms with Gasteiger partial charge in [-0.05, 0) is 12.0 Å². The fourth-order valence-corrected chi connectivity index (χ4v) is 2.28. The van der Waals surface area contributed by atoms with Gasteiger partial charge in [0.1, 0.15) is 0 Å². The summed E-state index contributed by atoms with van der Waals surface area (Å²) < 4.78 is 0. The summed E-state index contributed by atoms with van der Waals surface area (Å²) in [7, 11) is 0. The van der Waals surface area contributed by atoms with Gasteiger partial charge in [0, 0.05) is 24.0 Å². The predicted molar refractivity (Wildman–Crippen MR) is 74.2 cm³/mol. The normalized spacial score (nSPS) is 10.5. The van der Waals surface area contributed by atoms with Crippen LogP contribution in [0.4, 0.5) is 5.13 Å². The molecule has 2 rings (SSSR count). The van der Waals surface area contributed by atoms with Crippen LogP contribution in [0.3, 0.4) is 0 Å². The molecule has 3 N–H and O–H groups in total. The molecule has 0 aliphatic heterocycles. The number of nitrogens with one attached hydrogen (secondary N) is 1. The highest BCUT2D eigenvalue weighted by Gasteiger charge is 2.03. The Kier molecular flexibility index (Phi) is 4.12. The number of thiazole rings is 1. The Bertz CT molecular complexity index is 462. The highest BCUT2D eigenvalue weighted by molar-refractivity contribution is 7.14. The summed E-state index contributed by atoms with van der Waals surface area (Å²) in [5.41, 5.74) is 8.89. The summed E-state index contributed by atoms with van der Waals surface area (Å²) in [5, 5.41) is 6.36. The first-order valence-corrected chi connectivity index (χ1v) is 6.70. The molecule has 0 saturated heterocycles. The topological polar surface area (TPSA) is 50.9 Å². The van der Waals surface area contributed by atoms with Gasteiger partial charge in [0.2, 0.25) is 0 Å². The molecule has 1 aromatic carbocycles. The van der Waals surface area contributed by atoms with E-state index in [1.165, 1.54) is 0 Å². The standard InChI is InChI=1S/C13H17N3S/c1-2-7-15-13-16-12(9-17-13)11-5-3-10(8-14)4-6-11/h3-6,9H,2,7-8,14H2,1H3,(H,15,16). The van der Waals surface area contributed by atoms with E-state index in [4.69, 9.17) is 5.73 Å². The van der Waals surface area contributed by atoms with E-state index < -0.39 is 0 Å². The quantitative estimate of drug-likeness (QED) is 0.853. The first-order chi connectivity index (χ1) is 8.33. The van der Waals surface area contributed by atoms with Gasteiger partial charge in [-0.25, -0.2) is 4.98 Å². The summed E-state index contributed by atoms with van der Waals surface area (Å²) in [6, 6.07) is 8.24. The van der Waals surface area contributed by atoms with E-state index in [1.807, 2.05) is 12.1 Å². The number of rotatable bonds is 5. The first kappa shape index (κ1) is 12.1. The second kappa shape index (κ2) is 5.80. The van der Waals surface area contributed by atoms with Crippen molar-refractivity contribution in [1.82, 2.24) is 4.98 Å². The monoisotopic (exact) mass is 247 g/mol. The van der Waals surface area contributed by atoms with Crippen molar-refractivity contribution < 1.29 is 0 Å². The molecule has 0 amide bonds. The summed E-state index contributed by atoms with van der Waals surface area (Å²) in [6.45, 7) is 3.70. The van der Waals surface area contributed by atoms with Crippen LogP contribution in [0.5, 0.6) is 0 Å². The van der Waals surface area contributed by atoms with Gasteiger partial charge in [0.25, 0.3) is 0 Å². The summed E-state index contributed by atoms with van der Waals surface area (Å²) in [5.74, 6) is 0. The lowest BCUT2D eigenvalue weighted by Crippen LogP contribution is -1.98. The van der Waals surface area contributed by atoms with Crippen molar-refractivity contribution in [3.8, 4) is 11.3 Å². The number of aromatic nitrogens is 1. The van der Waals surface area contributed by atoms with E-state index in [0.29, 0.717) is 6.54 Å².